The highest BCUT2D eigenvalue weighted by atomic mass is 19.4. The highest BCUT2D eigenvalue weighted by molar-refractivity contribution is 5.90. The number of nitrogens with one attached hydrogen (secondary N) is 2. The average molecular weight is 466 g/mol. The number of aromatic nitrogens is 4. The fraction of sp³-hybridized carbons (Fsp3) is 0.292. The van der Waals surface area contributed by atoms with Crippen LogP contribution in [-0.2, 0) is 12.7 Å². The lowest BCUT2D eigenvalue weighted by Gasteiger charge is -2.11. The molecule has 4 aromatic rings. The van der Waals surface area contributed by atoms with Crippen LogP contribution in [0.5, 0.6) is 0 Å². The Morgan fingerprint density at radius 1 is 1.06 bits per heavy atom. The van der Waals surface area contributed by atoms with Crippen LogP contribution in [0.15, 0.2) is 59.4 Å². The van der Waals surface area contributed by atoms with Crippen molar-refractivity contribution in [1.82, 2.24) is 19.3 Å². The van der Waals surface area contributed by atoms with Gasteiger partial charge < -0.3 is 10.6 Å². The van der Waals surface area contributed by atoms with Gasteiger partial charge in [0.2, 0.25) is 5.95 Å². The Morgan fingerprint density at radius 2 is 1.82 bits per heavy atom. The summed E-state index contributed by atoms with van der Waals surface area (Å²) in [6.07, 6.45) is -1.34. The molecule has 2 atom stereocenters. The van der Waals surface area contributed by atoms with Gasteiger partial charge in [-0.3, -0.25) is 9.36 Å². The van der Waals surface area contributed by atoms with E-state index in [0.717, 1.165) is 37.1 Å². The van der Waals surface area contributed by atoms with Gasteiger partial charge in [0.25, 0.3) is 5.56 Å². The van der Waals surface area contributed by atoms with Crippen molar-refractivity contribution in [1.29, 1.82) is 0 Å². The molecule has 0 bridgehead atoms. The van der Waals surface area contributed by atoms with Crippen molar-refractivity contribution in [2.24, 2.45) is 0 Å². The van der Waals surface area contributed by atoms with Crippen LogP contribution in [0.1, 0.15) is 36.4 Å². The highest BCUT2D eigenvalue weighted by Crippen LogP contribution is 2.41. The van der Waals surface area contributed by atoms with E-state index in [9.17, 15) is 18.0 Å². The Balaban J connectivity index is 1.49. The van der Waals surface area contributed by atoms with Gasteiger partial charge in [-0.2, -0.15) is 23.3 Å². The fourth-order valence-electron chi connectivity index (χ4n) is 4.99. The van der Waals surface area contributed by atoms with Crippen molar-refractivity contribution in [3.8, 4) is 0 Å². The van der Waals surface area contributed by atoms with E-state index < -0.39 is 17.3 Å². The third-order valence-electron chi connectivity index (χ3n) is 6.59. The van der Waals surface area contributed by atoms with Gasteiger partial charge in [-0.1, -0.05) is 30.3 Å². The minimum atomic E-state index is -4.40. The molecule has 10 heteroatoms. The number of hydrogen-bond acceptors (Lipinski definition) is 5. The van der Waals surface area contributed by atoms with Gasteiger partial charge in [-0.15, -0.1) is 0 Å². The molecule has 1 fully saturated rings. The maximum Gasteiger partial charge on any atom is 0.416 e. The summed E-state index contributed by atoms with van der Waals surface area (Å²) < 4.78 is 42.6. The minimum absolute atomic E-state index is 0.171. The smallest absolute Gasteiger partial charge is 0.351 e. The summed E-state index contributed by atoms with van der Waals surface area (Å²) in [6.45, 7) is 0.193. The van der Waals surface area contributed by atoms with Gasteiger partial charge in [0.15, 0.2) is 5.65 Å². The number of alkyl halides is 3. The van der Waals surface area contributed by atoms with Crippen LogP contribution in [0, 0.1) is 0 Å². The zero-order valence-corrected chi connectivity index (χ0v) is 18.0. The summed E-state index contributed by atoms with van der Waals surface area (Å²) in [5, 5.41) is 11.8. The van der Waals surface area contributed by atoms with Gasteiger partial charge in [0.05, 0.1) is 18.2 Å². The van der Waals surface area contributed by atoms with Crippen molar-refractivity contribution in [2.75, 3.05) is 10.6 Å². The van der Waals surface area contributed by atoms with E-state index in [1.807, 2.05) is 34.9 Å². The second-order valence-electron chi connectivity index (χ2n) is 8.75. The number of fused-ring (bicyclic) bond motifs is 5. The molecule has 2 aliphatic rings. The van der Waals surface area contributed by atoms with E-state index in [2.05, 4.69) is 15.6 Å². The molecule has 2 aromatic carbocycles. The Hall–Kier alpha value is -3.82. The highest BCUT2D eigenvalue weighted by Gasteiger charge is 2.39. The Labute approximate surface area is 192 Å². The molecule has 0 unspecified atom stereocenters. The molecule has 0 spiro atoms. The van der Waals surface area contributed by atoms with Crippen LogP contribution >= 0.6 is 0 Å². The molecule has 0 amide bonds. The molecular formula is C24H21F3N6O. The zero-order chi connectivity index (χ0) is 23.4. The molecular weight excluding hydrogens is 445 g/mol. The van der Waals surface area contributed by atoms with Crippen molar-refractivity contribution in [3.05, 3.63) is 76.1 Å². The van der Waals surface area contributed by atoms with E-state index >= 15 is 0 Å². The summed E-state index contributed by atoms with van der Waals surface area (Å²) in [5.74, 6) is 0.994. The topological polar surface area (TPSA) is 76.8 Å². The number of nitrogens with zero attached hydrogens (tertiary/aromatic N) is 4. The van der Waals surface area contributed by atoms with E-state index in [4.69, 9.17) is 5.10 Å². The first-order chi connectivity index (χ1) is 16.4. The molecule has 2 aromatic heterocycles. The maximum absolute atomic E-state index is 13.1. The third kappa shape index (κ3) is 3.41. The average Bonchev–Trinajstić information content (AvgIpc) is 3.48. The zero-order valence-electron chi connectivity index (χ0n) is 18.0. The van der Waals surface area contributed by atoms with Crippen LogP contribution in [0.4, 0.5) is 30.6 Å². The van der Waals surface area contributed by atoms with Gasteiger partial charge in [0, 0.05) is 11.7 Å². The lowest BCUT2D eigenvalue weighted by atomic mass is 10.1. The number of rotatable bonds is 4. The first-order valence-corrected chi connectivity index (χ1v) is 11.2. The number of hydrogen-bond donors (Lipinski definition) is 2. The second kappa shape index (κ2) is 7.61. The molecule has 3 heterocycles. The van der Waals surface area contributed by atoms with Crippen LogP contribution in [0.2, 0.25) is 0 Å². The Morgan fingerprint density at radius 3 is 2.56 bits per heavy atom. The molecule has 1 aliphatic carbocycles. The summed E-state index contributed by atoms with van der Waals surface area (Å²) in [7, 11) is 0. The number of benzene rings is 2. The molecule has 2 N–H and O–H groups in total. The number of anilines is 3. The molecule has 1 aliphatic heterocycles. The fourth-order valence-corrected chi connectivity index (χ4v) is 4.99. The molecule has 34 heavy (non-hydrogen) atoms. The van der Waals surface area contributed by atoms with Crippen molar-refractivity contribution >= 4 is 28.5 Å². The summed E-state index contributed by atoms with van der Waals surface area (Å²) in [5.41, 5.74) is 0.825. The predicted molar refractivity (Wildman–Crippen MR) is 122 cm³/mol. The Bertz CT molecular complexity index is 1430. The van der Waals surface area contributed by atoms with E-state index in [-0.39, 0.29) is 18.6 Å². The van der Waals surface area contributed by atoms with E-state index in [0.29, 0.717) is 28.4 Å². The molecule has 7 nitrogen and oxygen atoms in total. The predicted octanol–water partition coefficient (Wildman–Crippen LogP) is 4.92. The largest absolute Gasteiger partial charge is 0.416 e. The first kappa shape index (κ1) is 20.8. The van der Waals surface area contributed by atoms with Gasteiger partial charge in [0.1, 0.15) is 11.2 Å². The molecule has 6 rings (SSSR count). The summed E-state index contributed by atoms with van der Waals surface area (Å²) in [4.78, 5) is 17.4. The molecule has 0 radical (unpaired) electrons. The summed E-state index contributed by atoms with van der Waals surface area (Å²) in [6, 6.07) is 14.8. The van der Waals surface area contributed by atoms with Crippen molar-refractivity contribution in [3.63, 3.8) is 0 Å². The summed E-state index contributed by atoms with van der Waals surface area (Å²) >= 11 is 0. The van der Waals surface area contributed by atoms with E-state index in [1.54, 1.807) is 4.68 Å². The van der Waals surface area contributed by atoms with Gasteiger partial charge >= 0.3 is 6.18 Å². The maximum atomic E-state index is 13.1. The van der Waals surface area contributed by atoms with Crippen LogP contribution in [-0.4, -0.2) is 25.4 Å². The normalized spacial score (nSPS) is 19.1. The van der Waals surface area contributed by atoms with Crippen LogP contribution in [0.25, 0.3) is 11.0 Å². The Kier molecular flexibility index (Phi) is 4.65. The second-order valence-corrected chi connectivity index (χ2v) is 8.75. The van der Waals surface area contributed by atoms with Crippen molar-refractivity contribution < 1.29 is 13.2 Å². The first-order valence-electron chi connectivity index (χ1n) is 11.2. The van der Waals surface area contributed by atoms with Gasteiger partial charge in [-0.25, -0.2) is 4.68 Å². The lowest BCUT2D eigenvalue weighted by Crippen LogP contribution is -2.15. The molecule has 0 saturated heterocycles. The van der Waals surface area contributed by atoms with Gasteiger partial charge in [-0.05, 0) is 49.1 Å². The lowest BCUT2D eigenvalue weighted by molar-refractivity contribution is -0.137. The van der Waals surface area contributed by atoms with Crippen molar-refractivity contribution in [2.45, 2.75) is 44.1 Å². The SMILES string of the molecule is O=c1nc2n(c3nn(Cc4ccc(C(F)(F)F)cc4)c(Nc4ccccc4)c13)[C@H]1CCC[C@H]1N2. The van der Waals surface area contributed by atoms with Crippen LogP contribution in [0.3, 0.4) is 0 Å². The number of para-hydroxylation sites is 1. The van der Waals surface area contributed by atoms with E-state index in [1.165, 1.54) is 12.1 Å². The standard InChI is InChI=1S/C24H21F3N6O/c25-24(26,27)15-11-9-14(10-12-15)13-32-20(28-16-5-2-1-3-6-16)19-21(31-32)33-18-8-4-7-17(18)29-23(33)30-22(19)34/h1-3,5-6,9-12,17-18,28H,4,7-8,13H2,(H,29,30,34)/t17-,18+/m1/s1. The monoisotopic (exact) mass is 466 g/mol. The third-order valence-corrected chi connectivity index (χ3v) is 6.59. The number of halogens is 3. The van der Waals surface area contributed by atoms with Crippen LogP contribution < -0.4 is 16.2 Å². The molecule has 174 valence electrons. The molecule has 1 saturated carbocycles. The quantitative estimate of drug-likeness (QED) is 0.446. The minimum Gasteiger partial charge on any atom is -0.351 e.